The van der Waals surface area contributed by atoms with Crippen molar-refractivity contribution in [2.75, 3.05) is 11.4 Å². The predicted octanol–water partition coefficient (Wildman–Crippen LogP) is 4.21. The average molecular weight is 390 g/mol. The smallest absolute Gasteiger partial charge is 0.251 e. The second kappa shape index (κ2) is 8.07. The summed E-state index contributed by atoms with van der Waals surface area (Å²) < 4.78 is 0. The number of carbonyl (C=O) groups excluding carboxylic acids is 2. The van der Waals surface area contributed by atoms with E-state index in [1.54, 1.807) is 17.0 Å². The number of H-pyrrole nitrogens is 1. The van der Waals surface area contributed by atoms with Gasteiger partial charge >= 0.3 is 0 Å². The molecule has 1 aromatic heterocycles. The molecule has 2 heterocycles. The molecule has 1 atom stereocenters. The summed E-state index contributed by atoms with van der Waals surface area (Å²) in [5.74, 6) is 1.10. The van der Waals surface area contributed by atoms with Crippen molar-refractivity contribution in [1.82, 2.24) is 15.3 Å². The summed E-state index contributed by atoms with van der Waals surface area (Å²) >= 11 is 0. The van der Waals surface area contributed by atoms with Gasteiger partial charge in [0.2, 0.25) is 5.91 Å². The topological polar surface area (TPSA) is 78.1 Å². The first-order valence-electron chi connectivity index (χ1n) is 10.2. The maximum absolute atomic E-state index is 13.0. The van der Waals surface area contributed by atoms with E-state index in [-0.39, 0.29) is 17.9 Å². The SMILES string of the molecule is CC(C)C[C@H](NC(=O)c1cccc(N2CCCC2=O)c1)c1nc2ccccc2[nH]1. The van der Waals surface area contributed by atoms with Gasteiger partial charge in [0.15, 0.2) is 0 Å². The van der Waals surface area contributed by atoms with E-state index in [4.69, 9.17) is 0 Å². The fourth-order valence-electron chi connectivity index (χ4n) is 3.83. The van der Waals surface area contributed by atoms with Crippen molar-refractivity contribution < 1.29 is 9.59 Å². The molecule has 0 spiro atoms. The van der Waals surface area contributed by atoms with Gasteiger partial charge in [-0.15, -0.1) is 0 Å². The molecule has 2 N–H and O–H groups in total. The molecule has 1 aliphatic heterocycles. The first-order chi connectivity index (χ1) is 14.0. The van der Waals surface area contributed by atoms with E-state index in [1.165, 1.54) is 0 Å². The number of amides is 2. The highest BCUT2D eigenvalue weighted by Gasteiger charge is 2.24. The molecule has 2 aromatic carbocycles. The molecule has 1 saturated heterocycles. The maximum atomic E-state index is 13.0. The number of imidazole rings is 1. The van der Waals surface area contributed by atoms with Gasteiger partial charge in [-0.1, -0.05) is 32.0 Å². The fraction of sp³-hybridized carbons (Fsp3) is 0.348. The van der Waals surface area contributed by atoms with Crippen LogP contribution >= 0.6 is 0 Å². The first-order valence-corrected chi connectivity index (χ1v) is 10.2. The third-order valence-electron chi connectivity index (χ3n) is 5.24. The van der Waals surface area contributed by atoms with Crippen LogP contribution in [-0.4, -0.2) is 28.3 Å². The summed E-state index contributed by atoms with van der Waals surface area (Å²) in [6.45, 7) is 4.96. The Morgan fingerprint density at radius 1 is 1.21 bits per heavy atom. The molecule has 0 unspecified atom stereocenters. The Hall–Kier alpha value is -3.15. The summed E-state index contributed by atoms with van der Waals surface area (Å²) in [5.41, 5.74) is 3.18. The van der Waals surface area contributed by atoms with E-state index in [0.717, 1.165) is 35.4 Å². The van der Waals surface area contributed by atoms with Crippen LogP contribution in [0, 0.1) is 5.92 Å². The molecule has 29 heavy (non-hydrogen) atoms. The van der Waals surface area contributed by atoms with Gasteiger partial charge < -0.3 is 15.2 Å². The number of carbonyl (C=O) groups is 2. The number of nitrogens with one attached hydrogen (secondary N) is 2. The second-order valence-electron chi connectivity index (χ2n) is 7.99. The standard InChI is InChI=1S/C23H26N4O2/c1-15(2)13-20(22-24-18-9-3-4-10-19(18)25-22)26-23(29)16-7-5-8-17(14-16)27-12-6-11-21(27)28/h3-5,7-10,14-15,20H,6,11-13H2,1-2H3,(H,24,25)(H,26,29)/t20-/m0/s1. The number of rotatable bonds is 6. The van der Waals surface area contributed by atoms with E-state index in [1.807, 2.05) is 36.4 Å². The first kappa shape index (κ1) is 19.2. The van der Waals surface area contributed by atoms with E-state index >= 15 is 0 Å². The lowest BCUT2D eigenvalue weighted by molar-refractivity contribution is -0.117. The van der Waals surface area contributed by atoms with Gasteiger partial charge in [0.1, 0.15) is 5.82 Å². The molecule has 3 aromatic rings. The Labute approximate surface area is 170 Å². The summed E-state index contributed by atoms with van der Waals surface area (Å²) in [7, 11) is 0. The molecule has 1 fully saturated rings. The van der Waals surface area contributed by atoms with E-state index in [2.05, 4.69) is 29.1 Å². The van der Waals surface area contributed by atoms with Crippen LogP contribution < -0.4 is 10.2 Å². The molecule has 4 rings (SSSR count). The largest absolute Gasteiger partial charge is 0.342 e. The summed E-state index contributed by atoms with van der Waals surface area (Å²) in [6.07, 6.45) is 2.20. The molecular formula is C23H26N4O2. The van der Waals surface area contributed by atoms with Crippen molar-refractivity contribution in [2.45, 2.75) is 39.2 Å². The average Bonchev–Trinajstić information content (AvgIpc) is 3.33. The van der Waals surface area contributed by atoms with Gasteiger partial charge in [0.05, 0.1) is 17.1 Å². The lowest BCUT2D eigenvalue weighted by Crippen LogP contribution is -2.30. The monoisotopic (exact) mass is 390 g/mol. The number of hydrogen-bond donors (Lipinski definition) is 2. The Kier molecular flexibility index (Phi) is 5.34. The highest BCUT2D eigenvalue weighted by atomic mass is 16.2. The van der Waals surface area contributed by atoms with Crippen LogP contribution in [0.25, 0.3) is 11.0 Å². The van der Waals surface area contributed by atoms with Gasteiger partial charge in [0.25, 0.3) is 5.91 Å². The van der Waals surface area contributed by atoms with Crippen LogP contribution in [0.4, 0.5) is 5.69 Å². The molecule has 6 nitrogen and oxygen atoms in total. The minimum atomic E-state index is -0.216. The Bertz CT molecular complexity index is 1010. The van der Waals surface area contributed by atoms with E-state index < -0.39 is 0 Å². The zero-order chi connectivity index (χ0) is 20.4. The summed E-state index contributed by atoms with van der Waals surface area (Å²) in [5, 5.41) is 3.13. The van der Waals surface area contributed by atoms with Crippen molar-refractivity contribution in [3.05, 3.63) is 59.9 Å². The van der Waals surface area contributed by atoms with E-state index in [0.29, 0.717) is 24.4 Å². The van der Waals surface area contributed by atoms with Crippen molar-refractivity contribution in [1.29, 1.82) is 0 Å². The molecule has 0 saturated carbocycles. The molecular weight excluding hydrogens is 364 g/mol. The van der Waals surface area contributed by atoms with Gasteiger partial charge in [-0.3, -0.25) is 9.59 Å². The van der Waals surface area contributed by atoms with Crippen molar-refractivity contribution in [2.24, 2.45) is 5.92 Å². The highest BCUT2D eigenvalue weighted by molar-refractivity contribution is 5.99. The zero-order valence-electron chi connectivity index (χ0n) is 16.8. The predicted molar refractivity (Wildman–Crippen MR) is 114 cm³/mol. The number of aromatic nitrogens is 2. The van der Waals surface area contributed by atoms with Crippen molar-refractivity contribution >= 4 is 28.5 Å². The Morgan fingerprint density at radius 2 is 2.03 bits per heavy atom. The molecule has 150 valence electrons. The summed E-state index contributed by atoms with van der Waals surface area (Å²) in [4.78, 5) is 34.8. The number of hydrogen-bond acceptors (Lipinski definition) is 3. The van der Waals surface area contributed by atoms with E-state index in [9.17, 15) is 9.59 Å². The van der Waals surface area contributed by atoms with Crippen LogP contribution in [0.15, 0.2) is 48.5 Å². The summed E-state index contributed by atoms with van der Waals surface area (Å²) in [6, 6.07) is 14.9. The minimum absolute atomic E-state index is 0.113. The maximum Gasteiger partial charge on any atom is 0.251 e. The van der Waals surface area contributed by atoms with Crippen LogP contribution in [0.1, 0.15) is 55.3 Å². The van der Waals surface area contributed by atoms with Gasteiger partial charge in [-0.25, -0.2) is 4.98 Å². The third kappa shape index (κ3) is 4.16. The Morgan fingerprint density at radius 3 is 2.76 bits per heavy atom. The molecule has 2 amide bonds. The third-order valence-corrected chi connectivity index (χ3v) is 5.24. The van der Waals surface area contributed by atoms with Gasteiger partial charge in [-0.05, 0) is 49.1 Å². The lowest BCUT2D eigenvalue weighted by Gasteiger charge is -2.20. The number of anilines is 1. The van der Waals surface area contributed by atoms with Crippen LogP contribution in [-0.2, 0) is 4.79 Å². The number of para-hydroxylation sites is 2. The highest BCUT2D eigenvalue weighted by Crippen LogP contribution is 2.25. The molecule has 0 bridgehead atoms. The quantitative estimate of drug-likeness (QED) is 0.662. The number of aromatic amines is 1. The molecule has 0 aliphatic carbocycles. The molecule has 1 aliphatic rings. The minimum Gasteiger partial charge on any atom is -0.342 e. The number of nitrogens with zero attached hydrogens (tertiary/aromatic N) is 2. The zero-order valence-corrected chi connectivity index (χ0v) is 16.8. The Balaban J connectivity index is 1.57. The fourth-order valence-corrected chi connectivity index (χ4v) is 3.83. The lowest BCUT2D eigenvalue weighted by atomic mass is 10.0. The van der Waals surface area contributed by atoms with Crippen LogP contribution in [0.2, 0.25) is 0 Å². The van der Waals surface area contributed by atoms with Crippen molar-refractivity contribution in [3.63, 3.8) is 0 Å². The van der Waals surface area contributed by atoms with Crippen molar-refractivity contribution in [3.8, 4) is 0 Å². The van der Waals surface area contributed by atoms with Gasteiger partial charge in [0, 0.05) is 24.2 Å². The number of fused-ring (bicyclic) bond motifs is 1. The second-order valence-corrected chi connectivity index (χ2v) is 7.99. The van der Waals surface area contributed by atoms with Crippen LogP contribution in [0.5, 0.6) is 0 Å². The van der Waals surface area contributed by atoms with Crippen LogP contribution in [0.3, 0.4) is 0 Å². The molecule has 0 radical (unpaired) electrons. The normalized spacial score (nSPS) is 15.3. The van der Waals surface area contributed by atoms with Gasteiger partial charge in [-0.2, -0.15) is 0 Å². The molecule has 6 heteroatoms. The number of benzene rings is 2.